The Kier molecular flexibility index (Phi) is 7.65. The van der Waals surface area contributed by atoms with E-state index in [1.54, 1.807) is 0 Å². The number of hydrogen-bond donors (Lipinski definition) is 3. The highest BCUT2D eigenvalue weighted by atomic mass is 79.9. The van der Waals surface area contributed by atoms with Crippen molar-refractivity contribution < 1.29 is 19.1 Å². The minimum Gasteiger partial charge on any atom is -0.328 e. The van der Waals surface area contributed by atoms with Crippen molar-refractivity contribution in [1.29, 1.82) is 0 Å². The Bertz CT molecular complexity index is 237. The molecule has 15 heavy (non-hydrogen) atoms. The van der Waals surface area contributed by atoms with Crippen LogP contribution in [-0.4, -0.2) is 26.7 Å². The zero-order valence-corrected chi connectivity index (χ0v) is 10.9. The van der Waals surface area contributed by atoms with E-state index in [-0.39, 0.29) is 5.33 Å². The van der Waals surface area contributed by atoms with Gasteiger partial charge in [-0.25, -0.2) is 0 Å². The standard InChI is InChI=1S/C6H13N.C2H4BrO4P/c7-6-4-2-1-3-5-6;3-1-2(4)8(5,6)7/h6H,1-5,7H2;1H2,(H2,5,6,7). The minimum absolute atomic E-state index is 0.294. The molecule has 1 saturated carbocycles. The fraction of sp³-hybridized carbons (Fsp3) is 0.875. The van der Waals surface area contributed by atoms with Crippen LogP contribution in [0.1, 0.15) is 32.1 Å². The average molecular weight is 302 g/mol. The molecule has 0 saturated heterocycles. The predicted molar refractivity (Wildman–Crippen MR) is 61.9 cm³/mol. The van der Waals surface area contributed by atoms with Crippen LogP contribution in [-0.2, 0) is 9.36 Å². The lowest BCUT2D eigenvalue weighted by atomic mass is 9.97. The highest BCUT2D eigenvalue weighted by Crippen LogP contribution is 2.35. The highest BCUT2D eigenvalue weighted by molar-refractivity contribution is 9.09. The van der Waals surface area contributed by atoms with E-state index in [1.807, 2.05) is 0 Å². The molecule has 1 aliphatic carbocycles. The third-order valence-corrected chi connectivity index (χ3v) is 3.84. The van der Waals surface area contributed by atoms with Gasteiger partial charge in [-0.15, -0.1) is 0 Å². The number of rotatable bonds is 2. The molecule has 90 valence electrons. The Labute approximate surface area is 97.7 Å². The second-order valence-electron chi connectivity index (χ2n) is 3.47. The van der Waals surface area contributed by atoms with Gasteiger partial charge in [0, 0.05) is 6.04 Å². The van der Waals surface area contributed by atoms with Crippen LogP contribution in [0.2, 0.25) is 0 Å². The van der Waals surface area contributed by atoms with E-state index in [1.165, 1.54) is 32.1 Å². The Hall–Kier alpha value is 0.260. The maximum Gasteiger partial charge on any atom is 0.392 e. The second kappa shape index (κ2) is 7.52. The molecule has 0 aromatic heterocycles. The van der Waals surface area contributed by atoms with E-state index in [0.717, 1.165) is 0 Å². The van der Waals surface area contributed by atoms with E-state index in [2.05, 4.69) is 15.9 Å². The van der Waals surface area contributed by atoms with E-state index in [9.17, 15) is 9.36 Å². The van der Waals surface area contributed by atoms with Gasteiger partial charge < -0.3 is 15.5 Å². The zero-order chi connectivity index (χ0) is 11.9. The van der Waals surface area contributed by atoms with Crippen molar-refractivity contribution in [3.8, 4) is 0 Å². The third kappa shape index (κ3) is 8.11. The van der Waals surface area contributed by atoms with Crippen LogP contribution in [0.25, 0.3) is 0 Å². The van der Waals surface area contributed by atoms with Gasteiger partial charge in [-0.1, -0.05) is 35.2 Å². The molecular formula is C8H17BrNO4P. The highest BCUT2D eigenvalue weighted by Gasteiger charge is 2.23. The summed E-state index contributed by atoms with van der Waals surface area (Å²) < 4.78 is 9.88. The Morgan fingerprint density at radius 2 is 1.80 bits per heavy atom. The molecule has 1 fully saturated rings. The third-order valence-electron chi connectivity index (χ3n) is 2.09. The molecule has 0 aromatic carbocycles. The number of halogens is 1. The molecule has 1 aliphatic rings. The number of carbonyl (C=O) groups excluding carboxylic acids is 1. The molecule has 7 heteroatoms. The normalized spacial score (nSPS) is 17.9. The van der Waals surface area contributed by atoms with Crippen molar-refractivity contribution in [2.45, 2.75) is 38.1 Å². The average Bonchev–Trinajstić information content (AvgIpc) is 2.17. The quantitative estimate of drug-likeness (QED) is 0.528. The molecule has 5 nitrogen and oxygen atoms in total. The maximum atomic E-state index is 10.0. The lowest BCUT2D eigenvalue weighted by molar-refractivity contribution is -0.111. The molecule has 4 N–H and O–H groups in total. The van der Waals surface area contributed by atoms with E-state index >= 15 is 0 Å². The van der Waals surface area contributed by atoms with Crippen LogP contribution in [0.4, 0.5) is 0 Å². The fourth-order valence-electron chi connectivity index (χ4n) is 1.21. The molecule has 0 aliphatic heterocycles. The molecule has 0 radical (unpaired) electrons. The summed E-state index contributed by atoms with van der Waals surface area (Å²) >= 11 is 2.61. The van der Waals surface area contributed by atoms with Gasteiger partial charge in [-0.05, 0) is 12.8 Å². The van der Waals surface area contributed by atoms with Gasteiger partial charge >= 0.3 is 7.60 Å². The van der Waals surface area contributed by atoms with Crippen LogP contribution in [0.15, 0.2) is 0 Å². The first-order chi connectivity index (χ1) is 6.88. The van der Waals surface area contributed by atoms with Gasteiger partial charge in [0.2, 0.25) is 0 Å². The van der Waals surface area contributed by atoms with Crippen molar-refractivity contribution in [3.05, 3.63) is 0 Å². The molecule has 0 spiro atoms. The molecule has 0 heterocycles. The van der Waals surface area contributed by atoms with Crippen LogP contribution in [0, 0.1) is 0 Å². The smallest absolute Gasteiger partial charge is 0.328 e. The summed E-state index contributed by atoms with van der Waals surface area (Å²) in [6, 6.07) is 0.536. The first-order valence-corrected chi connectivity index (χ1v) is 7.51. The summed E-state index contributed by atoms with van der Waals surface area (Å²) in [6.45, 7) is 0. The largest absolute Gasteiger partial charge is 0.392 e. The van der Waals surface area contributed by atoms with E-state index in [0.29, 0.717) is 6.04 Å². The van der Waals surface area contributed by atoms with Gasteiger partial charge in [0.25, 0.3) is 5.52 Å². The summed E-state index contributed by atoms with van der Waals surface area (Å²) in [5, 5.41) is -0.294. The minimum atomic E-state index is -4.44. The molecule has 0 amide bonds. The van der Waals surface area contributed by atoms with E-state index in [4.69, 9.17) is 15.5 Å². The first kappa shape index (κ1) is 15.3. The molecular weight excluding hydrogens is 285 g/mol. The summed E-state index contributed by atoms with van der Waals surface area (Å²) in [6.07, 6.45) is 6.66. The van der Waals surface area contributed by atoms with Crippen LogP contribution >= 0.6 is 23.5 Å². The summed E-state index contributed by atoms with van der Waals surface area (Å²) in [7, 11) is -4.44. The molecule has 0 bridgehead atoms. The van der Waals surface area contributed by atoms with Gasteiger partial charge in [-0.3, -0.25) is 9.36 Å². The molecule has 0 aromatic rings. The lowest BCUT2D eigenvalue weighted by Gasteiger charge is -2.15. The number of hydrogen-bond acceptors (Lipinski definition) is 3. The number of carbonyl (C=O) groups is 1. The maximum absolute atomic E-state index is 10.0. The summed E-state index contributed by atoms with van der Waals surface area (Å²) in [5.41, 5.74) is 4.55. The Morgan fingerprint density at radius 1 is 1.33 bits per heavy atom. The van der Waals surface area contributed by atoms with Gasteiger partial charge in [0.1, 0.15) is 0 Å². The zero-order valence-electron chi connectivity index (χ0n) is 8.43. The number of alkyl halides is 1. The first-order valence-electron chi connectivity index (χ1n) is 4.78. The summed E-state index contributed by atoms with van der Waals surface area (Å²) in [5.74, 6) is 0. The topological polar surface area (TPSA) is 101 Å². The van der Waals surface area contributed by atoms with Gasteiger partial charge in [0.05, 0.1) is 5.33 Å². The van der Waals surface area contributed by atoms with Crippen LogP contribution < -0.4 is 5.73 Å². The van der Waals surface area contributed by atoms with Crippen molar-refractivity contribution >= 4 is 29.1 Å². The molecule has 1 rings (SSSR count). The van der Waals surface area contributed by atoms with E-state index < -0.39 is 13.1 Å². The van der Waals surface area contributed by atoms with Crippen molar-refractivity contribution in [2.24, 2.45) is 5.73 Å². The summed E-state index contributed by atoms with van der Waals surface area (Å²) in [4.78, 5) is 26.1. The molecule has 0 atom stereocenters. The lowest BCUT2D eigenvalue weighted by Crippen LogP contribution is -2.22. The second-order valence-corrected chi connectivity index (χ2v) is 5.62. The monoisotopic (exact) mass is 301 g/mol. The predicted octanol–water partition coefficient (Wildman–Crippen LogP) is 1.36. The van der Waals surface area contributed by atoms with Crippen molar-refractivity contribution in [3.63, 3.8) is 0 Å². The van der Waals surface area contributed by atoms with Gasteiger partial charge in [0.15, 0.2) is 0 Å². The van der Waals surface area contributed by atoms with Crippen molar-refractivity contribution in [1.82, 2.24) is 0 Å². The molecule has 0 unspecified atom stereocenters. The van der Waals surface area contributed by atoms with Crippen LogP contribution in [0.5, 0.6) is 0 Å². The van der Waals surface area contributed by atoms with Crippen LogP contribution in [0.3, 0.4) is 0 Å². The van der Waals surface area contributed by atoms with Gasteiger partial charge in [-0.2, -0.15) is 0 Å². The Morgan fingerprint density at radius 3 is 1.93 bits per heavy atom. The fourth-order valence-corrected chi connectivity index (χ4v) is 2.35. The SMILES string of the molecule is NC1CCCCC1.O=C(CBr)P(=O)(O)O. The van der Waals surface area contributed by atoms with Crippen molar-refractivity contribution in [2.75, 3.05) is 5.33 Å². The Balaban J connectivity index is 0.000000262. The number of nitrogens with two attached hydrogens (primary N) is 1.